The van der Waals surface area contributed by atoms with Crippen LogP contribution in [0, 0.1) is 23.6 Å². The first kappa shape index (κ1) is 18.2. The zero-order valence-electron chi connectivity index (χ0n) is 13.4. The molecule has 2 fully saturated rings. The van der Waals surface area contributed by atoms with Crippen molar-refractivity contribution in [3.63, 3.8) is 0 Å². The van der Waals surface area contributed by atoms with Crippen LogP contribution in [0.2, 0.25) is 0 Å². The van der Waals surface area contributed by atoms with Gasteiger partial charge in [-0.15, -0.1) is 12.4 Å². The molecular formula is C18H26ClFN2O. The van der Waals surface area contributed by atoms with Crippen molar-refractivity contribution < 1.29 is 9.18 Å². The highest BCUT2D eigenvalue weighted by Gasteiger charge is 2.53. The first-order valence-electron chi connectivity index (χ1n) is 8.46. The Bertz CT molecular complexity index is 538. The minimum atomic E-state index is -0.287. The van der Waals surface area contributed by atoms with Gasteiger partial charge in [-0.25, -0.2) is 4.39 Å². The smallest absolute Gasteiger partial charge is 0.223 e. The molecule has 3 N–H and O–H groups in total. The molecule has 0 aliphatic heterocycles. The summed E-state index contributed by atoms with van der Waals surface area (Å²) in [6.07, 6.45) is 7.47. The molecule has 2 unspecified atom stereocenters. The minimum Gasteiger partial charge on any atom is -0.352 e. The maximum atomic E-state index is 13.9. The normalized spacial score (nSPS) is 26.3. The van der Waals surface area contributed by atoms with Gasteiger partial charge in [0.2, 0.25) is 5.91 Å². The van der Waals surface area contributed by atoms with Crippen LogP contribution in [-0.4, -0.2) is 5.91 Å². The van der Waals surface area contributed by atoms with E-state index in [-0.39, 0.29) is 36.6 Å². The summed E-state index contributed by atoms with van der Waals surface area (Å²) in [6.45, 7) is 0.598. The molecular weight excluding hydrogens is 315 g/mol. The molecule has 0 aromatic heterocycles. The Morgan fingerprint density at radius 3 is 2.39 bits per heavy atom. The third-order valence-electron chi connectivity index (χ3n) is 5.27. The maximum Gasteiger partial charge on any atom is 0.223 e. The fraction of sp³-hybridized carbons (Fsp3) is 0.611. The third-order valence-corrected chi connectivity index (χ3v) is 5.27. The molecule has 2 aliphatic rings. The molecule has 1 amide bonds. The van der Waals surface area contributed by atoms with E-state index in [0.29, 0.717) is 23.9 Å². The number of amides is 1. The zero-order chi connectivity index (χ0) is 15.5. The molecule has 2 aliphatic carbocycles. The summed E-state index contributed by atoms with van der Waals surface area (Å²) in [7, 11) is 0. The van der Waals surface area contributed by atoms with Crippen LogP contribution in [0.1, 0.15) is 49.7 Å². The van der Waals surface area contributed by atoms with E-state index in [1.165, 1.54) is 44.6 Å². The quantitative estimate of drug-likeness (QED) is 0.880. The van der Waals surface area contributed by atoms with Crippen LogP contribution in [0.15, 0.2) is 18.2 Å². The predicted octanol–water partition coefficient (Wildman–Crippen LogP) is 3.54. The van der Waals surface area contributed by atoms with Crippen LogP contribution < -0.4 is 11.1 Å². The van der Waals surface area contributed by atoms with E-state index in [4.69, 9.17) is 5.73 Å². The second-order valence-corrected chi connectivity index (χ2v) is 6.69. The van der Waals surface area contributed by atoms with Crippen molar-refractivity contribution in [2.75, 3.05) is 0 Å². The molecule has 5 heteroatoms. The van der Waals surface area contributed by atoms with Crippen LogP contribution in [-0.2, 0) is 17.9 Å². The van der Waals surface area contributed by atoms with Gasteiger partial charge < -0.3 is 11.1 Å². The maximum absolute atomic E-state index is 13.9. The first-order valence-corrected chi connectivity index (χ1v) is 8.46. The van der Waals surface area contributed by atoms with Gasteiger partial charge in [0, 0.05) is 24.6 Å². The summed E-state index contributed by atoms with van der Waals surface area (Å²) in [6, 6.07) is 4.98. The second kappa shape index (κ2) is 8.11. The summed E-state index contributed by atoms with van der Waals surface area (Å²) >= 11 is 0. The number of nitrogens with one attached hydrogen (secondary N) is 1. The van der Waals surface area contributed by atoms with E-state index in [9.17, 15) is 9.18 Å². The standard InChI is InChI=1S/C18H25FN2O.ClH/c19-16-9-12(10-20)7-8-13(16)11-21-18(22)17-14-5-3-1-2-4-6-15(14)17;/h7-9,14-15,17H,1-6,10-11,20H2,(H,21,22);1H. The number of halogens is 2. The van der Waals surface area contributed by atoms with Gasteiger partial charge in [0.05, 0.1) is 0 Å². The fourth-order valence-electron chi connectivity index (χ4n) is 3.90. The van der Waals surface area contributed by atoms with E-state index in [1.54, 1.807) is 6.07 Å². The van der Waals surface area contributed by atoms with E-state index >= 15 is 0 Å². The Labute approximate surface area is 143 Å². The molecule has 0 radical (unpaired) electrons. The van der Waals surface area contributed by atoms with Gasteiger partial charge in [-0.2, -0.15) is 0 Å². The summed E-state index contributed by atoms with van der Waals surface area (Å²) in [5.41, 5.74) is 6.80. The molecule has 23 heavy (non-hydrogen) atoms. The average Bonchev–Trinajstić information content (AvgIpc) is 3.16. The number of hydrogen-bond donors (Lipinski definition) is 2. The minimum absolute atomic E-state index is 0. The van der Waals surface area contributed by atoms with Gasteiger partial charge in [0.25, 0.3) is 0 Å². The Balaban J connectivity index is 0.00000192. The monoisotopic (exact) mass is 340 g/mol. The summed E-state index contributed by atoms with van der Waals surface area (Å²) in [5.74, 6) is 1.14. The predicted molar refractivity (Wildman–Crippen MR) is 91.6 cm³/mol. The average molecular weight is 341 g/mol. The van der Waals surface area contributed by atoms with E-state index in [1.807, 2.05) is 6.07 Å². The summed E-state index contributed by atoms with van der Waals surface area (Å²) in [4.78, 5) is 12.4. The zero-order valence-corrected chi connectivity index (χ0v) is 14.2. The van der Waals surface area contributed by atoms with Gasteiger partial charge in [-0.05, 0) is 36.3 Å². The number of nitrogens with two attached hydrogens (primary N) is 1. The Hall–Kier alpha value is -1.13. The van der Waals surface area contributed by atoms with Crippen molar-refractivity contribution >= 4 is 18.3 Å². The third kappa shape index (κ3) is 4.24. The largest absolute Gasteiger partial charge is 0.352 e. The highest BCUT2D eigenvalue weighted by atomic mass is 35.5. The highest BCUT2D eigenvalue weighted by Crippen LogP contribution is 2.53. The van der Waals surface area contributed by atoms with Crippen molar-refractivity contribution in [2.45, 2.75) is 51.6 Å². The lowest BCUT2D eigenvalue weighted by molar-refractivity contribution is -0.123. The van der Waals surface area contributed by atoms with Crippen molar-refractivity contribution in [3.05, 3.63) is 35.1 Å². The van der Waals surface area contributed by atoms with E-state index < -0.39 is 0 Å². The second-order valence-electron chi connectivity index (χ2n) is 6.69. The number of carbonyl (C=O) groups excluding carboxylic acids is 1. The van der Waals surface area contributed by atoms with Gasteiger partial charge >= 0.3 is 0 Å². The molecule has 3 rings (SSSR count). The number of carbonyl (C=O) groups is 1. The number of fused-ring (bicyclic) bond motifs is 1. The molecule has 0 heterocycles. The van der Waals surface area contributed by atoms with Crippen LogP contribution in [0.4, 0.5) is 4.39 Å². The van der Waals surface area contributed by atoms with Gasteiger partial charge in [-0.3, -0.25) is 4.79 Å². The van der Waals surface area contributed by atoms with Crippen LogP contribution >= 0.6 is 12.4 Å². The van der Waals surface area contributed by atoms with Crippen molar-refractivity contribution in [1.82, 2.24) is 5.32 Å². The van der Waals surface area contributed by atoms with Gasteiger partial charge in [0.1, 0.15) is 5.82 Å². The fourth-order valence-corrected chi connectivity index (χ4v) is 3.90. The number of benzene rings is 1. The van der Waals surface area contributed by atoms with Crippen LogP contribution in [0.3, 0.4) is 0 Å². The molecule has 2 atom stereocenters. The van der Waals surface area contributed by atoms with Crippen molar-refractivity contribution in [3.8, 4) is 0 Å². The SMILES string of the molecule is Cl.NCc1ccc(CNC(=O)C2C3CCCCCCC32)c(F)c1. The Morgan fingerprint density at radius 2 is 1.83 bits per heavy atom. The molecule has 0 saturated heterocycles. The van der Waals surface area contributed by atoms with Gasteiger partial charge in [0.15, 0.2) is 0 Å². The molecule has 1 aromatic rings. The summed E-state index contributed by atoms with van der Waals surface area (Å²) in [5, 5.41) is 2.93. The van der Waals surface area contributed by atoms with Crippen molar-refractivity contribution in [2.24, 2.45) is 23.5 Å². The molecule has 1 aromatic carbocycles. The number of hydrogen-bond acceptors (Lipinski definition) is 2. The van der Waals surface area contributed by atoms with Crippen LogP contribution in [0.5, 0.6) is 0 Å². The number of rotatable bonds is 4. The van der Waals surface area contributed by atoms with Crippen LogP contribution in [0.25, 0.3) is 0 Å². The topological polar surface area (TPSA) is 55.1 Å². The van der Waals surface area contributed by atoms with Gasteiger partial charge in [-0.1, -0.05) is 37.8 Å². The Kier molecular flexibility index (Phi) is 6.42. The summed E-state index contributed by atoms with van der Waals surface area (Å²) < 4.78 is 13.9. The van der Waals surface area contributed by atoms with Crippen molar-refractivity contribution in [1.29, 1.82) is 0 Å². The molecule has 128 valence electrons. The Morgan fingerprint density at radius 1 is 1.17 bits per heavy atom. The lowest BCUT2D eigenvalue weighted by Gasteiger charge is -2.07. The molecule has 2 saturated carbocycles. The highest BCUT2D eigenvalue weighted by molar-refractivity contribution is 5.85. The molecule has 0 bridgehead atoms. The van der Waals surface area contributed by atoms with E-state index in [2.05, 4.69) is 5.32 Å². The lowest BCUT2D eigenvalue weighted by atomic mass is 10.0. The lowest BCUT2D eigenvalue weighted by Crippen LogP contribution is -2.26. The van der Waals surface area contributed by atoms with E-state index in [0.717, 1.165) is 5.56 Å². The molecule has 0 spiro atoms. The molecule has 3 nitrogen and oxygen atoms in total. The first-order chi connectivity index (χ1) is 10.7.